The van der Waals surface area contributed by atoms with Gasteiger partial charge in [0.15, 0.2) is 5.78 Å². The van der Waals surface area contributed by atoms with E-state index in [-0.39, 0.29) is 5.78 Å². The lowest BCUT2D eigenvalue weighted by Gasteiger charge is -2.19. The van der Waals surface area contributed by atoms with Crippen LogP contribution < -0.4 is 0 Å². The first-order valence-electron chi connectivity index (χ1n) is 4.75. The van der Waals surface area contributed by atoms with Gasteiger partial charge in [0, 0.05) is 0 Å². The molecule has 0 spiro atoms. The van der Waals surface area contributed by atoms with Crippen molar-refractivity contribution >= 4 is 5.78 Å². The third kappa shape index (κ3) is 7.72. The number of rotatable bonds is 5. The first-order chi connectivity index (χ1) is 5.83. The molecule has 0 rings (SSSR count). The largest absolute Gasteiger partial charge is 0.386 e. The topological polar surface area (TPSA) is 37.3 Å². The zero-order chi connectivity index (χ0) is 10.5. The van der Waals surface area contributed by atoms with Crippen LogP contribution in [0.4, 0.5) is 0 Å². The number of carbonyl (C=O) groups is 1. The monoisotopic (exact) mass is 184 g/mol. The minimum atomic E-state index is -0.837. The summed E-state index contributed by atoms with van der Waals surface area (Å²) in [6.45, 7) is 7.44. The summed E-state index contributed by atoms with van der Waals surface area (Å²) in [4.78, 5) is 10.6. The van der Waals surface area contributed by atoms with Crippen LogP contribution in [0.1, 0.15) is 40.5 Å². The highest BCUT2D eigenvalue weighted by molar-refractivity contribution is 5.87. The van der Waals surface area contributed by atoms with Gasteiger partial charge in [-0.15, -0.1) is 0 Å². The highest BCUT2D eigenvalue weighted by atomic mass is 16.3. The van der Waals surface area contributed by atoms with Crippen LogP contribution in [0.2, 0.25) is 0 Å². The van der Waals surface area contributed by atoms with E-state index in [0.29, 0.717) is 12.3 Å². The standard InChI is InChI=1S/C11H20O2/c1-9(2)5-7-11(4,13)8-6-10(3)12/h6,8-9,13H,5,7H2,1-4H3/b8-6+. The summed E-state index contributed by atoms with van der Waals surface area (Å²) in [5.41, 5.74) is -0.837. The number of ketones is 1. The summed E-state index contributed by atoms with van der Waals surface area (Å²) >= 11 is 0. The maximum absolute atomic E-state index is 10.6. The van der Waals surface area contributed by atoms with Crippen LogP contribution >= 0.6 is 0 Å². The first-order valence-corrected chi connectivity index (χ1v) is 4.75. The van der Waals surface area contributed by atoms with Gasteiger partial charge in [0.2, 0.25) is 0 Å². The van der Waals surface area contributed by atoms with Gasteiger partial charge in [-0.25, -0.2) is 0 Å². The van der Waals surface area contributed by atoms with Gasteiger partial charge in [-0.2, -0.15) is 0 Å². The normalized spacial score (nSPS) is 16.5. The van der Waals surface area contributed by atoms with Crippen molar-refractivity contribution in [1.82, 2.24) is 0 Å². The minimum Gasteiger partial charge on any atom is -0.386 e. The van der Waals surface area contributed by atoms with E-state index in [1.54, 1.807) is 13.0 Å². The molecule has 0 aliphatic carbocycles. The van der Waals surface area contributed by atoms with Gasteiger partial charge in [-0.1, -0.05) is 13.8 Å². The van der Waals surface area contributed by atoms with E-state index in [2.05, 4.69) is 13.8 Å². The number of hydrogen-bond donors (Lipinski definition) is 1. The van der Waals surface area contributed by atoms with Crippen LogP contribution in [0.5, 0.6) is 0 Å². The molecule has 0 aliphatic rings. The maximum Gasteiger partial charge on any atom is 0.152 e. The molecule has 0 amide bonds. The molecule has 0 radical (unpaired) electrons. The van der Waals surface area contributed by atoms with Crippen molar-refractivity contribution in [3.8, 4) is 0 Å². The van der Waals surface area contributed by atoms with Crippen molar-refractivity contribution < 1.29 is 9.90 Å². The lowest BCUT2D eigenvalue weighted by molar-refractivity contribution is -0.112. The third-order valence-corrected chi connectivity index (χ3v) is 1.90. The Kier molecular flexibility index (Phi) is 4.92. The summed E-state index contributed by atoms with van der Waals surface area (Å²) in [6, 6.07) is 0. The molecule has 1 atom stereocenters. The molecule has 0 fully saturated rings. The van der Waals surface area contributed by atoms with Gasteiger partial charge < -0.3 is 5.11 Å². The average molecular weight is 184 g/mol. The van der Waals surface area contributed by atoms with E-state index < -0.39 is 5.60 Å². The Bertz CT molecular complexity index is 190. The van der Waals surface area contributed by atoms with Crippen molar-refractivity contribution in [3.05, 3.63) is 12.2 Å². The fraction of sp³-hybridized carbons (Fsp3) is 0.727. The fourth-order valence-electron chi connectivity index (χ4n) is 0.961. The second-order valence-corrected chi connectivity index (χ2v) is 4.23. The molecule has 0 aromatic rings. The molecule has 2 heteroatoms. The molecule has 13 heavy (non-hydrogen) atoms. The van der Waals surface area contributed by atoms with E-state index in [9.17, 15) is 9.90 Å². The summed E-state index contributed by atoms with van der Waals surface area (Å²) in [5.74, 6) is 0.557. The Morgan fingerprint density at radius 1 is 1.54 bits per heavy atom. The lowest BCUT2D eigenvalue weighted by atomic mass is 9.95. The molecular formula is C11H20O2. The molecule has 0 aliphatic heterocycles. The molecule has 76 valence electrons. The quantitative estimate of drug-likeness (QED) is 0.666. The lowest BCUT2D eigenvalue weighted by Crippen LogP contribution is -2.21. The fourth-order valence-corrected chi connectivity index (χ4v) is 0.961. The predicted octanol–water partition coefficient (Wildman–Crippen LogP) is 2.32. The molecular weight excluding hydrogens is 164 g/mol. The van der Waals surface area contributed by atoms with Crippen LogP contribution in [-0.4, -0.2) is 16.5 Å². The van der Waals surface area contributed by atoms with Gasteiger partial charge in [0.05, 0.1) is 5.60 Å². The molecule has 0 saturated carbocycles. The summed E-state index contributed by atoms with van der Waals surface area (Å²) in [6.07, 6.45) is 4.68. The average Bonchev–Trinajstić information content (AvgIpc) is 1.98. The van der Waals surface area contributed by atoms with Crippen LogP contribution in [-0.2, 0) is 4.79 Å². The van der Waals surface area contributed by atoms with Crippen molar-refractivity contribution in [3.63, 3.8) is 0 Å². The second-order valence-electron chi connectivity index (χ2n) is 4.23. The smallest absolute Gasteiger partial charge is 0.152 e. The maximum atomic E-state index is 10.6. The molecule has 0 bridgehead atoms. The summed E-state index contributed by atoms with van der Waals surface area (Å²) in [5, 5.41) is 9.77. The zero-order valence-corrected chi connectivity index (χ0v) is 9.00. The Labute approximate surface area is 80.7 Å². The number of carbonyl (C=O) groups excluding carboxylic acids is 1. The Hall–Kier alpha value is -0.630. The van der Waals surface area contributed by atoms with Crippen molar-refractivity contribution in [2.24, 2.45) is 5.92 Å². The zero-order valence-electron chi connectivity index (χ0n) is 9.00. The molecule has 0 saturated heterocycles. The molecule has 0 aromatic carbocycles. The number of allylic oxidation sites excluding steroid dienone is 1. The SMILES string of the molecule is CC(=O)/C=C/C(C)(O)CCC(C)C. The minimum absolute atomic E-state index is 0.0233. The van der Waals surface area contributed by atoms with E-state index in [1.807, 2.05) is 0 Å². The van der Waals surface area contributed by atoms with E-state index in [4.69, 9.17) is 0 Å². The molecule has 0 heterocycles. The van der Waals surface area contributed by atoms with E-state index >= 15 is 0 Å². The second kappa shape index (κ2) is 5.18. The van der Waals surface area contributed by atoms with Gasteiger partial charge in [-0.3, -0.25) is 4.79 Å². The van der Waals surface area contributed by atoms with Crippen LogP contribution in [0.15, 0.2) is 12.2 Å². The molecule has 2 nitrogen and oxygen atoms in total. The Morgan fingerprint density at radius 3 is 2.46 bits per heavy atom. The van der Waals surface area contributed by atoms with E-state index in [0.717, 1.165) is 6.42 Å². The third-order valence-electron chi connectivity index (χ3n) is 1.90. The number of hydrogen-bond acceptors (Lipinski definition) is 2. The van der Waals surface area contributed by atoms with Gasteiger partial charge >= 0.3 is 0 Å². The van der Waals surface area contributed by atoms with Crippen molar-refractivity contribution in [2.75, 3.05) is 0 Å². The highest BCUT2D eigenvalue weighted by Gasteiger charge is 2.16. The molecule has 1 N–H and O–H groups in total. The van der Waals surface area contributed by atoms with Crippen LogP contribution in [0, 0.1) is 5.92 Å². The predicted molar refractivity (Wildman–Crippen MR) is 54.5 cm³/mol. The van der Waals surface area contributed by atoms with Gasteiger partial charge in [0.1, 0.15) is 0 Å². The molecule has 0 aromatic heterocycles. The van der Waals surface area contributed by atoms with Gasteiger partial charge in [0.25, 0.3) is 0 Å². The Morgan fingerprint density at radius 2 is 2.08 bits per heavy atom. The van der Waals surface area contributed by atoms with Crippen molar-refractivity contribution in [1.29, 1.82) is 0 Å². The van der Waals surface area contributed by atoms with Crippen molar-refractivity contribution in [2.45, 2.75) is 46.1 Å². The summed E-state index contributed by atoms with van der Waals surface area (Å²) in [7, 11) is 0. The van der Waals surface area contributed by atoms with Gasteiger partial charge in [-0.05, 0) is 44.8 Å². The van der Waals surface area contributed by atoms with Crippen LogP contribution in [0.3, 0.4) is 0 Å². The highest BCUT2D eigenvalue weighted by Crippen LogP contribution is 2.17. The summed E-state index contributed by atoms with van der Waals surface area (Å²) < 4.78 is 0. The van der Waals surface area contributed by atoms with Crippen LogP contribution in [0.25, 0.3) is 0 Å². The Balaban J connectivity index is 4.00. The van der Waals surface area contributed by atoms with E-state index in [1.165, 1.54) is 13.0 Å². The molecule has 1 unspecified atom stereocenters. The number of aliphatic hydroxyl groups is 1. The first kappa shape index (κ1) is 12.4.